The summed E-state index contributed by atoms with van der Waals surface area (Å²) in [6.07, 6.45) is 4.41. The Labute approximate surface area is 165 Å². The number of aromatic nitrogens is 1. The van der Waals surface area contributed by atoms with Crippen LogP contribution in [0.2, 0.25) is 0 Å². The quantitative estimate of drug-likeness (QED) is 0.766. The summed E-state index contributed by atoms with van der Waals surface area (Å²) in [5, 5.41) is 6.46. The topological polar surface area (TPSA) is 82.8 Å². The third-order valence-electron chi connectivity index (χ3n) is 5.01. The number of nitrogens with one attached hydrogen (secondary N) is 1. The summed E-state index contributed by atoms with van der Waals surface area (Å²) in [5.74, 6) is 0. The smallest absolute Gasteiger partial charge is 0.445 e. The van der Waals surface area contributed by atoms with Crippen molar-refractivity contribution in [3.05, 3.63) is 59.4 Å². The highest BCUT2D eigenvalue weighted by molar-refractivity contribution is 6.56. The van der Waals surface area contributed by atoms with Crippen LogP contribution in [0.15, 0.2) is 52.8 Å². The van der Waals surface area contributed by atoms with E-state index in [9.17, 15) is 4.79 Å². The molecule has 1 aliphatic heterocycles. The predicted molar refractivity (Wildman–Crippen MR) is 105 cm³/mol. The minimum absolute atomic E-state index is 0.202. The third-order valence-corrected chi connectivity index (χ3v) is 5.01. The number of hydrogen-bond acceptors (Lipinski definition) is 6. The number of amides is 1. The highest BCUT2D eigenvalue weighted by Gasteiger charge is 2.52. The lowest BCUT2D eigenvalue weighted by Gasteiger charge is -2.32. The molecule has 148 valence electrons. The van der Waals surface area contributed by atoms with Crippen molar-refractivity contribution >= 4 is 19.3 Å². The van der Waals surface area contributed by atoms with E-state index in [-0.39, 0.29) is 13.2 Å². The van der Waals surface area contributed by atoms with Gasteiger partial charge >= 0.3 is 13.2 Å². The van der Waals surface area contributed by atoms with Crippen molar-refractivity contribution in [3.63, 3.8) is 0 Å². The molecule has 0 bridgehead atoms. The summed E-state index contributed by atoms with van der Waals surface area (Å²) < 4.78 is 22.4. The fourth-order valence-corrected chi connectivity index (χ4v) is 2.64. The molecule has 2 aromatic rings. The Hall–Kier alpha value is -2.58. The van der Waals surface area contributed by atoms with E-state index >= 15 is 0 Å². The summed E-state index contributed by atoms with van der Waals surface area (Å²) in [6, 6.07) is 9.50. The van der Waals surface area contributed by atoms with E-state index in [0.29, 0.717) is 0 Å². The maximum absolute atomic E-state index is 12.1. The monoisotopic (exact) mass is 384 g/mol. The van der Waals surface area contributed by atoms with Gasteiger partial charge in [-0.05, 0) is 38.7 Å². The highest BCUT2D eigenvalue weighted by Crippen LogP contribution is 2.38. The average Bonchev–Trinajstić information content (AvgIpc) is 3.23. The molecular formula is C20H25BN2O5. The second kappa shape index (κ2) is 8.20. The molecule has 1 aromatic heterocycles. The van der Waals surface area contributed by atoms with E-state index in [4.69, 9.17) is 18.6 Å². The zero-order valence-electron chi connectivity index (χ0n) is 16.6. The molecule has 2 heterocycles. The molecule has 0 atom stereocenters. The lowest BCUT2D eigenvalue weighted by molar-refractivity contribution is 0.00578. The fraction of sp³-hybridized carbons (Fsp3) is 0.400. The molecule has 0 radical (unpaired) electrons. The molecule has 3 rings (SSSR count). The van der Waals surface area contributed by atoms with Gasteiger partial charge in [0.1, 0.15) is 12.9 Å². The maximum atomic E-state index is 12.1. The van der Waals surface area contributed by atoms with Crippen LogP contribution in [0.5, 0.6) is 0 Å². The second-order valence-electron chi connectivity index (χ2n) is 7.68. The van der Waals surface area contributed by atoms with Crippen LogP contribution in [0.25, 0.3) is 6.08 Å². The van der Waals surface area contributed by atoms with Gasteiger partial charge in [-0.2, -0.15) is 0 Å². The van der Waals surface area contributed by atoms with Crippen molar-refractivity contribution in [1.29, 1.82) is 0 Å². The van der Waals surface area contributed by atoms with E-state index in [2.05, 4.69) is 10.5 Å². The van der Waals surface area contributed by atoms with Gasteiger partial charge < -0.3 is 23.9 Å². The molecule has 0 spiro atoms. The number of alkyl carbamates (subject to hydrolysis) is 1. The van der Waals surface area contributed by atoms with E-state index < -0.39 is 24.4 Å². The zero-order chi connectivity index (χ0) is 20.2. The first kappa shape index (κ1) is 20.2. The van der Waals surface area contributed by atoms with Crippen LogP contribution in [-0.4, -0.2) is 36.1 Å². The first-order chi connectivity index (χ1) is 13.3. The lowest BCUT2D eigenvalue weighted by Crippen LogP contribution is -2.41. The van der Waals surface area contributed by atoms with E-state index in [1.54, 1.807) is 6.20 Å². The van der Waals surface area contributed by atoms with Crippen molar-refractivity contribution in [3.8, 4) is 0 Å². The first-order valence-electron chi connectivity index (χ1n) is 9.17. The minimum Gasteiger partial charge on any atom is -0.445 e. The highest BCUT2D eigenvalue weighted by atomic mass is 16.7. The normalized spacial score (nSPS) is 18.1. The van der Waals surface area contributed by atoms with Crippen molar-refractivity contribution < 1.29 is 23.4 Å². The standard InChI is InChI=1S/C20H25BN2O5/c1-19(2)20(3,4)28-21(27-19)17(10-16-11-23-26-14-16)12-22-18(24)25-13-15-8-6-5-7-9-15/h5-11,14H,12-13H2,1-4H3,(H,22,24). The van der Waals surface area contributed by atoms with Crippen molar-refractivity contribution in [1.82, 2.24) is 10.5 Å². The fourth-order valence-electron chi connectivity index (χ4n) is 2.64. The molecule has 1 N–H and O–H groups in total. The summed E-state index contributed by atoms with van der Waals surface area (Å²) in [4.78, 5) is 12.1. The predicted octanol–water partition coefficient (Wildman–Crippen LogP) is 3.62. The average molecular weight is 384 g/mol. The first-order valence-corrected chi connectivity index (χ1v) is 9.17. The van der Waals surface area contributed by atoms with Crippen molar-refractivity contribution in [2.24, 2.45) is 0 Å². The van der Waals surface area contributed by atoms with Gasteiger partial charge in [0.2, 0.25) is 0 Å². The zero-order valence-corrected chi connectivity index (χ0v) is 16.6. The Morgan fingerprint density at radius 1 is 1.18 bits per heavy atom. The van der Waals surface area contributed by atoms with Gasteiger partial charge in [-0.3, -0.25) is 0 Å². The number of ether oxygens (including phenoxy) is 1. The molecule has 0 aliphatic carbocycles. The molecule has 0 unspecified atom stereocenters. The van der Waals surface area contributed by atoms with Crippen LogP contribution in [0.4, 0.5) is 4.79 Å². The largest absolute Gasteiger partial charge is 0.492 e. The molecule has 7 nitrogen and oxygen atoms in total. The molecule has 1 amide bonds. The van der Waals surface area contributed by atoms with Gasteiger partial charge in [0.15, 0.2) is 0 Å². The van der Waals surface area contributed by atoms with Crippen molar-refractivity contribution in [2.75, 3.05) is 6.54 Å². The van der Waals surface area contributed by atoms with Crippen LogP contribution in [0.3, 0.4) is 0 Å². The number of benzene rings is 1. The minimum atomic E-state index is -0.602. The number of carbonyl (C=O) groups excluding carboxylic acids is 1. The van der Waals surface area contributed by atoms with Crippen LogP contribution in [0.1, 0.15) is 38.8 Å². The summed E-state index contributed by atoms with van der Waals surface area (Å²) in [5.41, 5.74) is 1.44. The van der Waals surface area contributed by atoms with Gasteiger partial charge in [0.25, 0.3) is 0 Å². The summed E-state index contributed by atoms with van der Waals surface area (Å²) >= 11 is 0. The van der Waals surface area contributed by atoms with Crippen LogP contribution in [0, 0.1) is 0 Å². The molecular weight excluding hydrogens is 359 g/mol. The van der Waals surface area contributed by atoms with Gasteiger partial charge in [-0.1, -0.05) is 41.6 Å². The Morgan fingerprint density at radius 3 is 2.46 bits per heavy atom. The van der Waals surface area contributed by atoms with Crippen molar-refractivity contribution in [2.45, 2.75) is 45.5 Å². The van der Waals surface area contributed by atoms with E-state index in [1.165, 1.54) is 6.26 Å². The van der Waals surface area contributed by atoms with Crippen LogP contribution < -0.4 is 5.32 Å². The number of nitrogens with zero attached hydrogens (tertiary/aromatic N) is 1. The number of rotatable bonds is 6. The third kappa shape index (κ3) is 4.82. The van der Waals surface area contributed by atoms with Gasteiger partial charge in [-0.15, -0.1) is 0 Å². The SMILES string of the molecule is CC1(C)OB(C(=Cc2cnoc2)CNC(=O)OCc2ccccc2)OC1(C)C. The molecule has 8 heteroatoms. The number of hydrogen-bond donors (Lipinski definition) is 1. The van der Waals surface area contributed by atoms with Crippen LogP contribution >= 0.6 is 0 Å². The van der Waals surface area contributed by atoms with E-state index in [1.807, 2.05) is 64.1 Å². The molecule has 1 aromatic carbocycles. The maximum Gasteiger partial charge on any atom is 0.492 e. The number of carbonyl (C=O) groups is 1. The Balaban J connectivity index is 1.64. The molecule has 1 aliphatic rings. The molecule has 1 saturated heterocycles. The van der Waals surface area contributed by atoms with Crippen LogP contribution in [-0.2, 0) is 20.7 Å². The van der Waals surface area contributed by atoms with Gasteiger partial charge in [0.05, 0.1) is 17.4 Å². The molecule has 1 fully saturated rings. The molecule has 0 saturated carbocycles. The Kier molecular flexibility index (Phi) is 5.91. The van der Waals surface area contributed by atoms with E-state index in [0.717, 1.165) is 16.6 Å². The van der Waals surface area contributed by atoms with Gasteiger partial charge in [-0.25, -0.2) is 4.79 Å². The Morgan fingerprint density at radius 2 is 1.86 bits per heavy atom. The molecule has 28 heavy (non-hydrogen) atoms. The summed E-state index contributed by atoms with van der Waals surface area (Å²) in [7, 11) is -0.602. The Bertz CT molecular complexity index is 802. The summed E-state index contributed by atoms with van der Waals surface area (Å²) in [6.45, 7) is 8.32. The second-order valence-corrected chi connectivity index (χ2v) is 7.68. The lowest BCUT2D eigenvalue weighted by atomic mass is 9.77. The van der Waals surface area contributed by atoms with Gasteiger partial charge in [0, 0.05) is 12.1 Å².